The summed E-state index contributed by atoms with van der Waals surface area (Å²) in [6, 6.07) is -0.315. The first-order chi connectivity index (χ1) is 8.04. The third-order valence-electron chi connectivity index (χ3n) is 3.15. The Kier molecular flexibility index (Phi) is 2.79. The Hall–Kier alpha value is -1.98. The number of carboxylic acid groups (broad SMARTS) is 1. The summed E-state index contributed by atoms with van der Waals surface area (Å²) in [4.78, 5) is 25.4. The topological polar surface area (TPSA) is 94.2 Å². The summed E-state index contributed by atoms with van der Waals surface area (Å²) in [7, 11) is 0. The van der Waals surface area contributed by atoms with Crippen molar-refractivity contribution in [2.75, 3.05) is 10.6 Å². The fraction of sp³-hybridized carbons (Fsp3) is 0.455. The number of H-pyrrole nitrogens is 1. The van der Waals surface area contributed by atoms with Crippen LogP contribution in [0, 0.1) is 5.92 Å². The number of aromatic carboxylic acids is 1. The third-order valence-corrected chi connectivity index (χ3v) is 3.15. The maximum Gasteiger partial charge on any atom is 0.354 e. The summed E-state index contributed by atoms with van der Waals surface area (Å²) in [6.45, 7) is 3.99. The number of hydrogen-bond acceptors (Lipinski definition) is 3. The van der Waals surface area contributed by atoms with Gasteiger partial charge in [-0.25, -0.2) is 4.79 Å². The molecule has 2 heterocycles. The van der Waals surface area contributed by atoms with Gasteiger partial charge in [-0.3, -0.25) is 4.79 Å². The predicted octanol–water partition coefficient (Wildman–Crippen LogP) is 1.49. The number of anilines is 2. The number of carbonyl (C=O) groups is 2. The number of carbonyl (C=O) groups excluding carboxylic acids is 1. The van der Waals surface area contributed by atoms with Crippen molar-refractivity contribution in [3.8, 4) is 0 Å². The molecule has 4 N–H and O–H groups in total. The lowest BCUT2D eigenvalue weighted by Crippen LogP contribution is -2.43. The lowest BCUT2D eigenvalue weighted by Gasteiger charge is -2.28. The van der Waals surface area contributed by atoms with Gasteiger partial charge in [-0.1, -0.05) is 20.3 Å². The van der Waals surface area contributed by atoms with Crippen LogP contribution in [0.1, 0.15) is 30.8 Å². The molecular formula is C11H15N3O3. The lowest BCUT2D eigenvalue weighted by atomic mass is 9.96. The highest BCUT2D eigenvalue weighted by molar-refractivity contribution is 6.08. The van der Waals surface area contributed by atoms with E-state index in [4.69, 9.17) is 5.11 Å². The molecule has 0 bridgehead atoms. The van der Waals surface area contributed by atoms with Crippen molar-refractivity contribution in [2.24, 2.45) is 5.92 Å². The van der Waals surface area contributed by atoms with Crippen molar-refractivity contribution in [3.05, 3.63) is 11.9 Å². The standard InChI is InChI=1S/C11H15N3O3/c1-3-5(2)7-10(15)14-8-6(13-7)4-12-9(8)11(16)17/h4-5,7,12-13H,3H2,1-2H3,(H,14,15)(H,16,17)/t5-,7-/m0/s1. The summed E-state index contributed by atoms with van der Waals surface area (Å²) in [6.07, 6.45) is 2.43. The first kappa shape index (κ1) is 11.5. The van der Waals surface area contributed by atoms with E-state index in [-0.39, 0.29) is 23.6 Å². The molecule has 0 spiro atoms. The minimum Gasteiger partial charge on any atom is -0.477 e. The van der Waals surface area contributed by atoms with E-state index in [9.17, 15) is 9.59 Å². The zero-order valence-electron chi connectivity index (χ0n) is 9.70. The average Bonchev–Trinajstić information content (AvgIpc) is 2.69. The Bertz CT molecular complexity index is 467. The first-order valence-electron chi connectivity index (χ1n) is 5.56. The van der Waals surface area contributed by atoms with Gasteiger partial charge in [0, 0.05) is 6.20 Å². The molecule has 1 aliphatic heterocycles. The van der Waals surface area contributed by atoms with Crippen LogP contribution in [0.2, 0.25) is 0 Å². The summed E-state index contributed by atoms with van der Waals surface area (Å²) < 4.78 is 0. The Morgan fingerprint density at radius 3 is 2.88 bits per heavy atom. The number of carboxylic acids is 1. The predicted molar refractivity (Wildman–Crippen MR) is 63.2 cm³/mol. The van der Waals surface area contributed by atoms with Crippen LogP contribution in [0.25, 0.3) is 0 Å². The number of nitrogens with one attached hydrogen (secondary N) is 3. The Morgan fingerprint density at radius 1 is 1.59 bits per heavy atom. The highest BCUT2D eigenvalue weighted by Crippen LogP contribution is 2.32. The average molecular weight is 237 g/mol. The monoisotopic (exact) mass is 237 g/mol. The molecule has 0 saturated carbocycles. The van der Waals surface area contributed by atoms with Crippen LogP contribution >= 0.6 is 0 Å². The van der Waals surface area contributed by atoms with Gasteiger partial charge in [0.05, 0.1) is 11.4 Å². The summed E-state index contributed by atoms with van der Waals surface area (Å²) >= 11 is 0. The van der Waals surface area contributed by atoms with Gasteiger partial charge in [-0.15, -0.1) is 0 Å². The second-order valence-corrected chi connectivity index (χ2v) is 4.25. The van der Waals surface area contributed by atoms with Crippen LogP contribution in [-0.2, 0) is 4.79 Å². The van der Waals surface area contributed by atoms with E-state index in [1.165, 1.54) is 0 Å². The Balaban J connectivity index is 2.31. The van der Waals surface area contributed by atoms with Crippen molar-refractivity contribution in [3.63, 3.8) is 0 Å². The smallest absolute Gasteiger partial charge is 0.354 e. The molecule has 0 saturated heterocycles. The zero-order chi connectivity index (χ0) is 12.6. The molecule has 17 heavy (non-hydrogen) atoms. The van der Waals surface area contributed by atoms with E-state index in [0.29, 0.717) is 11.4 Å². The molecule has 2 rings (SSSR count). The number of rotatable bonds is 3. The largest absolute Gasteiger partial charge is 0.477 e. The molecule has 0 unspecified atom stereocenters. The second kappa shape index (κ2) is 4.12. The van der Waals surface area contributed by atoms with E-state index in [1.54, 1.807) is 6.20 Å². The minimum atomic E-state index is -1.09. The highest BCUT2D eigenvalue weighted by Gasteiger charge is 2.32. The highest BCUT2D eigenvalue weighted by atomic mass is 16.4. The van der Waals surface area contributed by atoms with Gasteiger partial charge in [0.25, 0.3) is 0 Å². The van der Waals surface area contributed by atoms with Crippen molar-refractivity contribution in [1.29, 1.82) is 0 Å². The summed E-state index contributed by atoms with van der Waals surface area (Å²) in [5, 5.41) is 14.6. The number of amides is 1. The van der Waals surface area contributed by atoms with Gasteiger partial charge in [-0.05, 0) is 5.92 Å². The zero-order valence-corrected chi connectivity index (χ0v) is 9.70. The number of hydrogen-bond donors (Lipinski definition) is 4. The molecule has 1 aromatic rings. The van der Waals surface area contributed by atoms with Gasteiger partial charge >= 0.3 is 5.97 Å². The van der Waals surface area contributed by atoms with Crippen LogP contribution in [0.4, 0.5) is 11.4 Å². The molecule has 2 atom stereocenters. The van der Waals surface area contributed by atoms with Crippen LogP contribution < -0.4 is 10.6 Å². The lowest BCUT2D eigenvalue weighted by molar-refractivity contribution is -0.118. The van der Waals surface area contributed by atoms with E-state index in [2.05, 4.69) is 15.6 Å². The van der Waals surface area contributed by atoms with Gasteiger partial charge in [0.1, 0.15) is 6.04 Å². The van der Waals surface area contributed by atoms with Gasteiger partial charge < -0.3 is 20.7 Å². The van der Waals surface area contributed by atoms with E-state index in [1.807, 2.05) is 13.8 Å². The summed E-state index contributed by atoms with van der Waals surface area (Å²) in [5.74, 6) is -1.09. The van der Waals surface area contributed by atoms with Crippen LogP contribution in [0.3, 0.4) is 0 Å². The molecular weight excluding hydrogens is 222 g/mol. The van der Waals surface area contributed by atoms with Crippen LogP contribution in [0.5, 0.6) is 0 Å². The van der Waals surface area contributed by atoms with Gasteiger partial charge in [-0.2, -0.15) is 0 Å². The molecule has 1 aromatic heterocycles. The third kappa shape index (κ3) is 1.86. The van der Waals surface area contributed by atoms with Crippen molar-refractivity contribution in [1.82, 2.24) is 4.98 Å². The fourth-order valence-electron chi connectivity index (χ4n) is 1.91. The van der Waals surface area contributed by atoms with Crippen molar-refractivity contribution in [2.45, 2.75) is 26.3 Å². The molecule has 0 aromatic carbocycles. The number of aromatic nitrogens is 1. The van der Waals surface area contributed by atoms with Gasteiger partial charge in [0.2, 0.25) is 5.91 Å². The Labute approximate surface area is 98.4 Å². The van der Waals surface area contributed by atoms with Crippen molar-refractivity contribution < 1.29 is 14.7 Å². The molecule has 0 radical (unpaired) electrons. The molecule has 0 fully saturated rings. The van der Waals surface area contributed by atoms with Crippen molar-refractivity contribution >= 4 is 23.3 Å². The summed E-state index contributed by atoms with van der Waals surface area (Å²) in [5.41, 5.74) is 0.956. The van der Waals surface area contributed by atoms with E-state index in [0.717, 1.165) is 6.42 Å². The van der Waals surface area contributed by atoms with E-state index < -0.39 is 5.97 Å². The van der Waals surface area contributed by atoms with Crippen LogP contribution in [0.15, 0.2) is 6.20 Å². The van der Waals surface area contributed by atoms with E-state index >= 15 is 0 Å². The molecule has 6 heteroatoms. The molecule has 1 aliphatic rings. The Morgan fingerprint density at radius 2 is 2.29 bits per heavy atom. The second-order valence-electron chi connectivity index (χ2n) is 4.25. The fourth-order valence-corrected chi connectivity index (χ4v) is 1.91. The number of aromatic amines is 1. The molecule has 1 amide bonds. The normalized spacial score (nSPS) is 20.1. The quantitative estimate of drug-likeness (QED) is 0.640. The van der Waals surface area contributed by atoms with Crippen LogP contribution in [-0.4, -0.2) is 28.0 Å². The first-order valence-corrected chi connectivity index (χ1v) is 5.56. The maximum atomic E-state index is 11.8. The number of fused-ring (bicyclic) bond motifs is 1. The molecule has 6 nitrogen and oxygen atoms in total. The minimum absolute atomic E-state index is 0.00320. The van der Waals surface area contributed by atoms with Gasteiger partial charge in [0.15, 0.2) is 5.69 Å². The maximum absolute atomic E-state index is 11.8. The molecule has 92 valence electrons. The molecule has 0 aliphatic carbocycles. The SMILES string of the molecule is CC[C@H](C)[C@@H]1Nc2c[nH]c(C(=O)O)c2NC1=O.